The topological polar surface area (TPSA) is 139 Å². The molecule has 1 unspecified atom stereocenters. The van der Waals surface area contributed by atoms with Gasteiger partial charge in [-0.1, -0.05) is 0 Å². The van der Waals surface area contributed by atoms with Crippen LogP contribution in [0.4, 0.5) is 11.4 Å². The first-order valence-electron chi connectivity index (χ1n) is 6.29. The molecule has 1 aromatic rings. The molecule has 1 fully saturated rings. The van der Waals surface area contributed by atoms with Crippen molar-refractivity contribution in [3.05, 3.63) is 28.3 Å². The Balaban J connectivity index is 2.47. The van der Waals surface area contributed by atoms with Gasteiger partial charge in [-0.05, 0) is 18.9 Å². The number of sulfonamides is 1. The number of nitrogens with one attached hydrogen (secondary N) is 1. The van der Waals surface area contributed by atoms with E-state index in [0.717, 1.165) is 10.4 Å². The zero-order valence-corrected chi connectivity index (χ0v) is 11.9. The molecule has 21 heavy (non-hydrogen) atoms. The molecule has 1 aliphatic heterocycles. The fourth-order valence-electron chi connectivity index (χ4n) is 2.24. The molecule has 0 bridgehead atoms. The number of nitrogens with zero attached hydrogens (tertiary/aromatic N) is 2. The molecule has 0 radical (unpaired) electrons. The maximum atomic E-state index is 12.6. The Kier molecular flexibility index (Phi) is 4.42. The number of hydrazine groups is 1. The highest BCUT2D eigenvalue weighted by molar-refractivity contribution is 7.89. The Labute approximate surface area is 121 Å². The maximum Gasteiger partial charge on any atom is 0.270 e. The van der Waals surface area contributed by atoms with Gasteiger partial charge in [0.05, 0.1) is 16.7 Å². The molecule has 1 saturated heterocycles. The van der Waals surface area contributed by atoms with Gasteiger partial charge in [-0.15, -0.1) is 0 Å². The SMILES string of the molecule is NNc1ccc([N+](=O)[O-])cc1S(=O)(=O)N1CCCC(O)C1. The second-order valence-electron chi connectivity index (χ2n) is 4.74. The number of β-amino-alcohol motifs (C(OH)–C–C–N with tert-alkyl or cyclic N) is 1. The lowest BCUT2D eigenvalue weighted by Crippen LogP contribution is -2.42. The third kappa shape index (κ3) is 3.13. The molecule has 0 amide bonds. The summed E-state index contributed by atoms with van der Waals surface area (Å²) in [7, 11) is -3.97. The molecule has 9 nitrogen and oxygen atoms in total. The van der Waals surface area contributed by atoms with E-state index in [1.165, 1.54) is 12.1 Å². The highest BCUT2D eigenvalue weighted by atomic mass is 32.2. The van der Waals surface area contributed by atoms with Gasteiger partial charge < -0.3 is 10.5 Å². The number of nitro groups is 1. The fourth-order valence-corrected chi connectivity index (χ4v) is 3.93. The summed E-state index contributed by atoms with van der Waals surface area (Å²) in [4.78, 5) is 9.87. The van der Waals surface area contributed by atoms with Crippen molar-refractivity contribution in [1.82, 2.24) is 4.31 Å². The van der Waals surface area contributed by atoms with Crippen LogP contribution < -0.4 is 11.3 Å². The van der Waals surface area contributed by atoms with E-state index in [1.54, 1.807) is 0 Å². The van der Waals surface area contributed by atoms with E-state index >= 15 is 0 Å². The first-order valence-corrected chi connectivity index (χ1v) is 7.73. The lowest BCUT2D eigenvalue weighted by atomic mass is 10.1. The van der Waals surface area contributed by atoms with Gasteiger partial charge in [-0.3, -0.25) is 16.0 Å². The number of benzene rings is 1. The average Bonchev–Trinajstić information content (AvgIpc) is 2.46. The number of hydrogen-bond acceptors (Lipinski definition) is 7. The molecule has 2 rings (SSSR count). The summed E-state index contributed by atoms with van der Waals surface area (Å²) in [6, 6.07) is 3.37. The summed E-state index contributed by atoms with van der Waals surface area (Å²) in [5, 5.41) is 20.4. The summed E-state index contributed by atoms with van der Waals surface area (Å²) in [5.41, 5.74) is 1.95. The van der Waals surface area contributed by atoms with Crippen LogP contribution in [-0.2, 0) is 10.0 Å². The first-order chi connectivity index (χ1) is 9.86. The van der Waals surface area contributed by atoms with Gasteiger partial charge in [0.15, 0.2) is 0 Å². The third-order valence-electron chi connectivity index (χ3n) is 3.31. The number of nitro benzene ring substituents is 1. The Morgan fingerprint density at radius 2 is 2.19 bits per heavy atom. The quantitative estimate of drug-likeness (QED) is 0.404. The van der Waals surface area contributed by atoms with Crippen LogP contribution >= 0.6 is 0 Å². The van der Waals surface area contributed by atoms with E-state index in [9.17, 15) is 23.6 Å². The molecule has 0 aromatic heterocycles. The molecule has 0 saturated carbocycles. The zero-order chi connectivity index (χ0) is 15.6. The van der Waals surface area contributed by atoms with Crippen LogP contribution in [0.3, 0.4) is 0 Å². The monoisotopic (exact) mass is 316 g/mol. The van der Waals surface area contributed by atoms with Crippen molar-refractivity contribution >= 4 is 21.4 Å². The largest absolute Gasteiger partial charge is 0.392 e. The first kappa shape index (κ1) is 15.6. The zero-order valence-electron chi connectivity index (χ0n) is 11.1. The molecule has 0 aliphatic carbocycles. The molecule has 0 spiro atoms. The number of non-ortho nitro benzene ring substituents is 1. The minimum Gasteiger partial charge on any atom is -0.392 e. The van der Waals surface area contributed by atoms with E-state index in [0.29, 0.717) is 12.8 Å². The molecule has 1 heterocycles. The van der Waals surface area contributed by atoms with Gasteiger partial charge in [0.25, 0.3) is 5.69 Å². The minimum absolute atomic E-state index is 0.0327. The van der Waals surface area contributed by atoms with Crippen LogP contribution in [0.1, 0.15) is 12.8 Å². The van der Waals surface area contributed by atoms with Gasteiger partial charge in [-0.25, -0.2) is 8.42 Å². The van der Waals surface area contributed by atoms with Crippen LogP contribution in [0.15, 0.2) is 23.1 Å². The third-order valence-corrected chi connectivity index (χ3v) is 5.21. The van der Waals surface area contributed by atoms with E-state index < -0.39 is 21.1 Å². The summed E-state index contributed by atoms with van der Waals surface area (Å²) < 4.78 is 26.3. The fraction of sp³-hybridized carbons (Fsp3) is 0.455. The number of aliphatic hydroxyl groups is 1. The van der Waals surface area contributed by atoms with Gasteiger partial charge >= 0.3 is 0 Å². The molecule has 4 N–H and O–H groups in total. The number of nitrogens with two attached hydrogens (primary N) is 1. The van der Waals surface area contributed by atoms with Crippen LogP contribution in [0.25, 0.3) is 0 Å². The van der Waals surface area contributed by atoms with Crippen LogP contribution in [0.2, 0.25) is 0 Å². The second-order valence-corrected chi connectivity index (χ2v) is 6.65. The number of aliphatic hydroxyl groups excluding tert-OH is 1. The average molecular weight is 316 g/mol. The number of hydrogen-bond donors (Lipinski definition) is 3. The van der Waals surface area contributed by atoms with Crippen molar-refractivity contribution in [2.24, 2.45) is 5.84 Å². The molecule has 1 aliphatic rings. The molecular weight excluding hydrogens is 300 g/mol. The van der Waals surface area contributed by atoms with Gasteiger partial charge in [0.1, 0.15) is 4.90 Å². The predicted molar refractivity (Wildman–Crippen MR) is 74.9 cm³/mol. The normalized spacial score (nSPS) is 20.2. The van der Waals surface area contributed by atoms with E-state index in [4.69, 9.17) is 5.84 Å². The van der Waals surface area contributed by atoms with Gasteiger partial charge in [0, 0.05) is 25.2 Å². The lowest BCUT2D eigenvalue weighted by Gasteiger charge is -2.29. The molecular formula is C11H16N4O5S. The van der Waals surface area contributed by atoms with Crippen LogP contribution in [-0.4, -0.2) is 41.9 Å². The van der Waals surface area contributed by atoms with Crippen molar-refractivity contribution in [3.63, 3.8) is 0 Å². The summed E-state index contributed by atoms with van der Waals surface area (Å²) in [6.45, 7) is 0.223. The molecule has 116 valence electrons. The highest BCUT2D eigenvalue weighted by Crippen LogP contribution is 2.29. The Hall–Kier alpha value is -1.75. The number of anilines is 1. The Bertz CT molecular complexity index is 648. The second kappa shape index (κ2) is 5.93. The smallest absolute Gasteiger partial charge is 0.270 e. The van der Waals surface area contributed by atoms with Gasteiger partial charge in [-0.2, -0.15) is 4.31 Å². The lowest BCUT2D eigenvalue weighted by molar-refractivity contribution is -0.385. The summed E-state index contributed by atoms with van der Waals surface area (Å²) in [5.74, 6) is 5.28. The van der Waals surface area contributed by atoms with E-state index in [2.05, 4.69) is 5.43 Å². The predicted octanol–water partition coefficient (Wildman–Crippen LogP) is 0.0258. The minimum atomic E-state index is -3.97. The summed E-state index contributed by atoms with van der Waals surface area (Å²) >= 11 is 0. The van der Waals surface area contributed by atoms with E-state index in [1.807, 2.05) is 0 Å². The van der Waals surface area contributed by atoms with Crippen molar-refractivity contribution < 1.29 is 18.4 Å². The van der Waals surface area contributed by atoms with E-state index in [-0.39, 0.29) is 29.4 Å². The number of rotatable bonds is 4. The van der Waals surface area contributed by atoms with Crippen molar-refractivity contribution in [1.29, 1.82) is 0 Å². The number of piperidine rings is 1. The van der Waals surface area contributed by atoms with Crippen LogP contribution in [0.5, 0.6) is 0 Å². The highest BCUT2D eigenvalue weighted by Gasteiger charge is 2.32. The van der Waals surface area contributed by atoms with Crippen molar-refractivity contribution in [3.8, 4) is 0 Å². The van der Waals surface area contributed by atoms with Crippen molar-refractivity contribution in [2.75, 3.05) is 18.5 Å². The summed E-state index contributed by atoms with van der Waals surface area (Å²) in [6.07, 6.45) is 0.324. The standard InChI is InChI=1S/C11H16N4O5S/c12-13-10-4-3-8(15(17)18)6-11(10)21(19,20)14-5-1-2-9(16)7-14/h3-4,6,9,13,16H,1-2,5,7,12H2. The van der Waals surface area contributed by atoms with Crippen molar-refractivity contribution in [2.45, 2.75) is 23.8 Å². The number of nitrogen functional groups attached to an aromatic ring is 1. The molecule has 10 heteroatoms. The van der Waals surface area contributed by atoms with Gasteiger partial charge in [0.2, 0.25) is 10.0 Å². The Morgan fingerprint density at radius 3 is 2.76 bits per heavy atom. The molecule has 1 atom stereocenters. The molecule has 1 aromatic carbocycles. The van der Waals surface area contributed by atoms with Crippen LogP contribution in [0, 0.1) is 10.1 Å². The maximum absolute atomic E-state index is 12.6. The Morgan fingerprint density at radius 1 is 1.48 bits per heavy atom.